The Morgan fingerprint density at radius 3 is 1.15 bits per heavy atom. The first-order valence-electron chi connectivity index (χ1n) is 2.72. The van der Waals surface area contributed by atoms with E-state index in [1.165, 1.54) is 0 Å². The fourth-order valence-electron chi connectivity index (χ4n) is 0.204. The summed E-state index contributed by atoms with van der Waals surface area (Å²) in [4.78, 5) is 25.6. The van der Waals surface area contributed by atoms with Crippen LogP contribution in [0.1, 0.15) is 13.8 Å². The molecule has 0 aliphatic rings. The Kier molecular flexibility index (Phi) is 46.9. The topological polar surface area (TPSA) is 95.5 Å². The van der Waals surface area contributed by atoms with E-state index in [2.05, 4.69) is 0 Å². The Labute approximate surface area is 145 Å². The molecule has 0 aliphatic carbocycles. The molecule has 64 valence electrons. The number of phosphoric acid groups is 1. The number of hydrogen-bond acceptors (Lipinski definition) is 5. The standard InChI is InChI=1S/C4H10O.3Na.H3O4P/c1-3-5-4-2;;;;1-5(2,3)4/h3-4H2,1-2H3;;;;(H3,1,2,3,4)/q;3*+1;/p-3. The van der Waals surface area contributed by atoms with Gasteiger partial charge in [0.2, 0.25) is 0 Å². The maximum absolute atomic E-state index is 8.55. The van der Waals surface area contributed by atoms with Crippen molar-refractivity contribution in [3.63, 3.8) is 0 Å². The molecule has 0 aromatic heterocycles. The minimum absolute atomic E-state index is 0. The van der Waals surface area contributed by atoms with Crippen LogP contribution in [-0.2, 0) is 9.30 Å². The molecule has 0 saturated carbocycles. The summed E-state index contributed by atoms with van der Waals surface area (Å²) in [5.41, 5.74) is 0. The van der Waals surface area contributed by atoms with Gasteiger partial charge in [-0.3, -0.25) is 0 Å². The Morgan fingerprint density at radius 1 is 1.00 bits per heavy atom. The molecule has 0 unspecified atom stereocenters. The molecule has 0 aliphatic heterocycles. The van der Waals surface area contributed by atoms with Crippen LogP contribution in [0.2, 0.25) is 0 Å². The van der Waals surface area contributed by atoms with Gasteiger partial charge in [0.25, 0.3) is 0 Å². The maximum Gasteiger partial charge on any atom is 1.00 e. The summed E-state index contributed by atoms with van der Waals surface area (Å²) in [7, 11) is -5.39. The van der Waals surface area contributed by atoms with Crippen molar-refractivity contribution in [2.24, 2.45) is 0 Å². The van der Waals surface area contributed by atoms with Crippen molar-refractivity contribution in [3.8, 4) is 0 Å². The first kappa shape index (κ1) is 29.8. The van der Waals surface area contributed by atoms with Crippen molar-refractivity contribution >= 4 is 7.82 Å². The van der Waals surface area contributed by atoms with Gasteiger partial charge in [-0.25, -0.2) is 0 Å². The first-order valence-corrected chi connectivity index (χ1v) is 4.18. The van der Waals surface area contributed by atoms with Crippen molar-refractivity contribution in [2.45, 2.75) is 13.8 Å². The second-order valence-corrected chi connectivity index (χ2v) is 2.12. The molecule has 0 aromatic carbocycles. The van der Waals surface area contributed by atoms with Gasteiger partial charge in [0.05, 0.1) is 0 Å². The maximum atomic E-state index is 8.55. The molecule has 13 heavy (non-hydrogen) atoms. The van der Waals surface area contributed by atoms with E-state index >= 15 is 0 Å². The molecule has 0 N–H and O–H groups in total. The van der Waals surface area contributed by atoms with E-state index < -0.39 is 7.82 Å². The molecule has 0 fully saturated rings. The average molecular weight is 238 g/mol. The molecule has 0 amide bonds. The summed E-state index contributed by atoms with van der Waals surface area (Å²) in [6.45, 7) is 5.67. The van der Waals surface area contributed by atoms with Gasteiger partial charge in [0.15, 0.2) is 0 Å². The van der Waals surface area contributed by atoms with Gasteiger partial charge in [-0.2, -0.15) is 7.82 Å². The zero-order valence-electron chi connectivity index (χ0n) is 8.90. The molecule has 9 heteroatoms. The Morgan fingerprint density at radius 2 is 1.15 bits per heavy atom. The van der Waals surface area contributed by atoms with Gasteiger partial charge >= 0.3 is 88.7 Å². The van der Waals surface area contributed by atoms with E-state index in [1.807, 2.05) is 13.8 Å². The van der Waals surface area contributed by atoms with Crippen LogP contribution in [0.15, 0.2) is 0 Å². The molecule has 0 rings (SSSR count). The van der Waals surface area contributed by atoms with E-state index in [1.54, 1.807) is 0 Å². The number of hydrogen-bond donors (Lipinski definition) is 0. The van der Waals surface area contributed by atoms with Crippen molar-refractivity contribution in [1.82, 2.24) is 0 Å². The van der Waals surface area contributed by atoms with E-state index in [-0.39, 0.29) is 88.7 Å². The van der Waals surface area contributed by atoms with Crippen LogP contribution in [-0.4, -0.2) is 13.2 Å². The van der Waals surface area contributed by atoms with Gasteiger partial charge in [-0.05, 0) is 13.8 Å². The summed E-state index contributed by atoms with van der Waals surface area (Å²) in [5.74, 6) is 0. The van der Waals surface area contributed by atoms with Crippen LogP contribution in [0.25, 0.3) is 0 Å². The molecule has 0 heterocycles. The summed E-state index contributed by atoms with van der Waals surface area (Å²) in [5, 5.41) is 0. The van der Waals surface area contributed by atoms with Crippen LogP contribution in [0.3, 0.4) is 0 Å². The normalized spacial score (nSPS) is 7.77. The molecule has 0 spiro atoms. The third kappa shape index (κ3) is 100. The van der Waals surface area contributed by atoms with E-state index in [0.29, 0.717) is 0 Å². The Bertz CT molecular complexity index is 97.7. The Balaban J connectivity index is -0.0000000267. The summed E-state index contributed by atoms with van der Waals surface area (Å²) < 4.78 is 13.4. The van der Waals surface area contributed by atoms with Crippen LogP contribution in [0, 0.1) is 0 Å². The van der Waals surface area contributed by atoms with Crippen LogP contribution >= 0.6 is 7.82 Å². The van der Waals surface area contributed by atoms with Crippen molar-refractivity contribution in [1.29, 1.82) is 0 Å². The Hall–Kier alpha value is 3.07. The molecule has 0 saturated heterocycles. The average Bonchev–Trinajstić information content (AvgIpc) is 1.63. The van der Waals surface area contributed by atoms with E-state index in [4.69, 9.17) is 24.0 Å². The van der Waals surface area contributed by atoms with Crippen LogP contribution in [0.5, 0.6) is 0 Å². The molecule has 0 atom stereocenters. The van der Waals surface area contributed by atoms with Crippen molar-refractivity contribution in [3.05, 3.63) is 0 Å². The zero-order valence-corrected chi connectivity index (χ0v) is 15.8. The number of rotatable bonds is 2. The van der Waals surface area contributed by atoms with Crippen LogP contribution in [0.4, 0.5) is 0 Å². The molecular weight excluding hydrogens is 228 g/mol. The smallest absolute Gasteiger partial charge is 0.822 e. The monoisotopic (exact) mass is 238 g/mol. The zero-order chi connectivity index (χ0) is 8.62. The van der Waals surface area contributed by atoms with Gasteiger partial charge in [0.1, 0.15) is 0 Å². The van der Waals surface area contributed by atoms with Crippen molar-refractivity contribution < 1.29 is 113 Å². The number of ether oxygens (including phenoxy) is 1. The van der Waals surface area contributed by atoms with Gasteiger partial charge in [-0.1, -0.05) is 0 Å². The fourth-order valence-corrected chi connectivity index (χ4v) is 0.204. The van der Waals surface area contributed by atoms with Crippen LogP contribution < -0.4 is 103 Å². The second kappa shape index (κ2) is 20.5. The van der Waals surface area contributed by atoms with Crippen molar-refractivity contribution in [2.75, 3.05) is 13.2 Å². The van der Waals surface area contributed by atoms with Gasteiger partial charge in [-0.15, -0.1) is 0 Å². The quantitative estimate of drug-likeness (QED) is 0.351. The van der Waals surface area contributed by atoms with Gasteiger partial charge in [0, 0.05) is 13.2 Å². The molecule has 0 aromatic rings. The molecule has 0 radical (unpaired) electrons. The SMILES string of the molecule is CCOCC.O=P([O-])([O-])[O-].[Na+].[Na+].[Na+]. The second-order valence-electron chi connectivity index (χ2n) is 1.23. The molecule has 0 bridgehead atoms. The van der Waals surface area contributed by atoms with E-state index in [9.17, 15) is 0 Å². The minimum Gasteiger partial charge on any atom is -0.822 e. The first-order chi connectivity index (χ1) is 4.41. The van der Waals surface area contributed by atoms with Gasteiger partial charge < -0.3 is 24.0 Å². The predicted octanol–water partition coefficient (Wildman–Crippen LogP) is -10.8. The predicted molar refractivity (Wildman–Crippen MR) is 29.8 cm³/mol. The molecular formula is C4H10Na3O5P. The molecule has 5 nitrogen and oxygen atoms in total. The third-order valence-electron chi connectivity index (χ3n) is 0.408. The minimum atomic E-state index is -5.39. The fraction of sp³-hybridized carbons (Fsp3) is 1.00. The summed E-state index contributed by atoms with van der Waals surface area (Å²) in [6.07, 6.45) is 0. The summed E-state index contributed by atoms with van der Waals surface area (Å²) in [6, 6.07) is 0. The van der Waals surface area contributed by atoms with E-state index in [0.717, 1.165) is 13.2 Å². The third-order valence-corrected chi connectivity index (χ3v) is 0.408. The largest absolute Gasteiger partial charge is 1.00 e. The summed E-state index contributed by atoms with van der Waals surface area (Å²) >= 11 is 0.